The standard InChI is InChI=1S/C16H19BrN2O2/c1-19-7-5-16(6-8-19)10-13(20)18-15(21)14(16)11-3-2-4-12(17)9-11/h2-4,9,14H,5-8,10H2,1H3,(H,18,20,21). The Hall–Kier alpha value is -1.20. The van der Waals surface area contributed by atoms with Crippen molar-refractivity contribution in [3.8, 4) is 0 Å². The van der Waals surface area contributed by atoms with Gasteiger partial charge in [0.1, 0.15) is 0 Å². The zero-order valence-electron chi connectivity index (χ0n) is 12.1. The van der Waals surface area contributed by atoms with Gasteiger partial charge in [-0.3, -0.25) is 14.9 Å². The van der Waals surface area contributed by atoms with E-state index < -0.39 is 0 Å². The van der Waals surface area contributed by atoms with E-state index in [0.29, 0.717) is 6.42 Å². The van der Waals surface area contributed by atoms with E-state index in [2.05, 4.69) is 33.2 Å². The molecule has 5 heteroatoms. The molecule has 0 aromatic heterocycles. The van der Waals surface area contributed by atoms with Crippen molar-refractivity contribution < 1.29 is 9.59 Å². The second-order valence-corrected chi connectivity index (χ2v) is 7.16. The molecule has 1 spiro atoms. The van der Waals surface area contributed by atoms with Crippen LogP contribution >= 0.6 is 15.9 Å². The van der Waals surface area contributed by atoms with Crippen LogP contribution in [0.2, 0.25) is 0 Å². The molecule has 4 nitrogen and oxygen atoms in total. The van der Waals surface area contributed by atoms with Crippen LogP contribution in [-0.4, -0.2) is 36.9 Å². The Morgan fingerprint density at radius 2 is 2.00 bits per heavy atom. The van der Waals surface area contributed by atoms with Gasteiger partial charge in [-0.2, -0.15) is 0 Å². The fourth-order valence-corrected chi connectivity index (χ4v) is 4.09. The molecule has 3 rings (SSSR count). The van der Waals surface area contributed by atoms with E-state index in [9.17, 15) is 9.59 Å². The number of nitrogens with one attached hydrogen (secondary N) is 1. The minimum absolute atomic E-state index is 0.129. The molecule has 21 heavy (non-hydrogen) atoms. The highest BCUT2D eigenvalue weighted by molar-refractivity contribution is 9.10. The van der Waals surface area contributed by atoms with Crippen molar-refractivity contribution in [3.05, 3.63) is 34.3 Å². The molecule has 1 unspecified atom stereocenters. The van der Waals surface area contributed by atoms with Gasteiger partial charge in [0.05, 0.1) is 5.92 Å². The topological polar surface area (TPSA) is 49.4 Å². The molecule has 112 valence electrons. The normalized spacial score (nSPS) is 25.9. The number of nitrogens with zero attached hydrogens (tertiary/aromatic N) is 1. The van der Waals surface area contributed by atoms with E-state index in [4.69, 9.17) is 0 Å². The third kappa shape index (κ3) is 2.77. The number of benzene rings is 1. The van der Waals surface area contributed by atoms with Crippen LogP contribution in [0.1, 0.15) is 30.7 Å². The molecule has 2 fully saturated rings. The van der Waals surface area contributed by atoms with E-state index in [1.54, 1.807) is 0 Å². The lowest BCUT2D eigenvalue weighted by Crippen LogP contribution is -2.54. The first kappa shape index (κ1) is 14.7. The van der Waals surface area contributed by atoms with Crippen LogP contribution < -0.4 is 5.32 Å². The van der Waals surface area contributed by atoms with Crippen LogP contribution in [0.25, 0.3) is 0 Å². The molecule has 1 N–H and O–H groups in total. The fraction of sp³-hybridized carbons (Fsp3) is 0.500. The molecule has 1 atom stereocenters. The molecule has 0 aliphatic carbocycles. The summed E-state index contributed by atoms with van der Waals surface area (Å²) in [7, 11) is 2.09. The van der Waals surface area contributed by atoms with Gasteiger partial charge < -0.3 is 4.90 Å². The Bertz CT molecular complexity index is 579. The van der Waals surface area contributed by atoms with Gasteiger partial charge >= 0.3 is 0 Å². The van der Waals surface area contributed by atoms with Crippen LogP contribution in [0.15, 0.2) is 28.7 Å². The van der Waals surface area contributed by atoms with Crippen LogP contribution in [0, 0.1) is 5.41 Å². The van der Waals surface area contributed by atoms with Crippen molar-refractivity contribution >= 4 is 27.7 Å². The molecular formula is C16H19BrN2O2. The number of halogens is 1. The maximum atomic E-state index is 12.5. The Morgan fingerprint density at radius 3 is 2.67 bits per heavy atom. The monoisotopic (exact) mass is 350 g/mol. The SMILES string of the molecule is CN1CCC2(CC1)CC(=O)NC(=O)C2c1cccc(Br)c1. The van der Waals surface area contributed by atoms with Crippen molar-refractivity contribution in [2.24, 2.45) is 5.41 Å². The van der Waals surface area contributed by atoms with Gasteiger partial charge in [0.2, 0.25) is 11.8 Å². The summed E-state index contributed by atoms with van der Waals surface area (Å²) in [5, 5.41) is 2.52. The number of hydrogen-bond donors (Lipinski definition) is 1. The summed E-state index contributed by atoms with van der Waals surface area (Å²) in [4.78, 5) is 26.7. The lowest BCUT2D eigenvalue weighted by Gasteiger charge is -2.47. The minimum Gasteiger partial charge on any atom is -0.306 e. The third-order valence-electron chi connectivity index (χ3n) is 4.81. The lowest BCUT2D eigenvalue weighted by molar-refractivity contribution is -0.141. The number of imide groups is 1. The van der Waals surface area contributed by atoms with Crippen molar-refractivity contribution in [2.45, 2.75) is 25.2 Å². The summed E-state index contributed by atoms with van der Waals surface area (Å²) in [6, 6.07) is 7.90. The first-order valence-electron chi connectivity index (χ1n) is 7.28. The molecule has 0 saturated carbocycles. The molecule has 2 saturated heterocycles. The summed E-state index contributed by atoms with van der Waals surface area (Å²) in [6.07, 6.45) is 2.23. The maximum absolute atomic E-state index is 12.5. The van der Waals surface area contributed by atoms with Gasteiger partial charge in [0.15, 0.2) is 0 Å². The van der Waals surface area contributed by atoms with Gasteiger partial charge in [-0.1, -0.05) is 28.1 Å². The predicted octanol–water partition coefficient (Wildman–Crippen LogP) is 2.29. The molecule has 1 aromatic carbocycles. The number of rotatable bonds is 1. The number of likely N-dealkylation sites (tertiary alicyclic amines) is 1. The van der Waals surface area contributed by atoms with E-state index in [1.807, 2.05) is 24.3 Å². The molecule has 2 aliphatic heterocycles. The molecule has 0 radical (unpaired) electrons. The fourth-order valence-electron chi connectivity index (χ4n) is 3.67. The highest BCUT2D eigenvalue weighted by Gasteiger charge is 2.50. The Balaban J connectivity index is 2.01. The summed E-state index contributed by atoms with van der Waals surface area (Å²) in [6.45, 7) is 1.87. The molecule has 0 bridgehead atoms. The van der Waals surface area contributed by atoms with E-state index in [0.717, 1.165) is 36.0 Å². The quantitative estimate of drug-likeness (QED) is 0.790. The Labute approximate surface area is 133 Å². The van der Waals surface area contributed by atoms with Crippen molar-refractivity contribution in [1.29, 1.82) is 0 Å². The van der Waals surface area contributed by atoms with E-state index in [1.165, 1.54) is 0 Å². The second kappa shape index (κ2) is 5.54. The molecular weight excluding hydrogens is 332 g/mol. The molecule has 2 heterocycles. The lowest BCUT2D eigenvalue weighted by atomic mass is 9.62. The van der Waals surface area contributed by atoms with E-state index in [-0.39, 0.29) is 23.1 Å². The Morgan fingerprint density at radius 1 is 1.29 bits per heavy atom. The van der Waals surface area contributed by atoms with Crippen LogP contribution in [0.4, 0.5) is 0 Å². The number of carbonyl (C=O) groups excluding carboxylic acids is 2. The van der Waals surface area contributed by atoms with Crippen LogP contribution in [0.3, 0.4) is 0 Å². The van der Waals surface area contributed by atoms with E-state index >= 15 is 0 Å². The van der Waals surface area contributed by atoms with Gasteiger partial charge in [-0.15, -0.1) is 0 Å². The van der Waals surface area contributed by atoms with Crippen LogP contribution in [-0.2, 0) is 9.59 Å². The van der Waals surface area contributed by atoms with Crippen molar-refractivity contribution in [2.75, 3.05) is 20.1 Å². The first-order valence-corrected chi connectivity index (χ1v) is 8.07. The summed E-state index contributed by atoms with van der Waals surface area (Å²) in [5.41, 5.74) is 0.770. The van der Waals surface area contributed by atoms with Crippen LogP contribution in [0.5, 0.6) is 0 Å². The number of piperidine rings is 2. The van der Waals surface area contributed by atoms with Crippen molar-refractivity contribution in [1.82, 2.24) is 10.2 Å². The van der Waals surface area contributed by atoms with Crippen molar-refractivity contribution in [3.63, 3.8) is 0 Å². The van der Waals surface area contributed by atoms with Gasteiger partial charge in [0.25, 0.3) is 0 Å². The highest BCUT2D eigenvalue weighted by Crippen LogP contribution is 2.49. The molecule has 1 aromatic rings. The summed E-state index contributed by atoms with van der Waals surface area (Å²) in [5.74, 6) is -0.508. The predicted molar refractivity (Wildman–Crippen MR) is 83.8 cm³/mol. The minimum atomic E-state index is -0.235. The zero-order valence-corrected chi connectivity index (χ0v) is 13.6. The number of hydrogen-bond acceptors (Lipinski definition) is 3. The second-order valence-electron chi connectivity index (χ2n) is 6.24. The van der Waals surface area contributed by atoms with Gasteiger partial charge in [0, 0.05) is 10.9 Å². The number of amides is 2. The first-order chi connectivity index (χ1) is 10.00. The van der Waals surface area contributed by atoms with Gasteiger partial charge in [-0.05, 0) is 56.1 Å². The molecule has 2 aliphatic rings. The highest BCUT2D eigenvalue weighted by atomic mass is 79.9. The molecule has 2 amide bonds. The summed E-state index contributed by atoms with van der Waals surface area (Å²) >= 11 is 3.48. The number of carbonyl (C=O) groups is 2. The maximum Gasteiger partial charge on any atom is 0.234 e. The average Bonchev–Trinajstić information content (AvgIpc) is 2.41. The van der Waals surface area contributed by atoms with Gasteiger partial charge in [-0.25, -0.2) is 0 Å². The average molecular weight is 351 g/mol. The Kier molecular flexibility index (Phi) is 3.88. The summed E-state index contributed by atoms with van der Waals surface area (Å²) < 4.78 is 0.966. The third-order valence-corrected chi connectivity index (χ3v) is 5.31. The smallest absolute Gasteiger partial charge is 0.234 e. The zero-order chi connectivity index (χ0) is 15.0. The largest absolute Gasteiger partial charge is 0.306 e.